The van der Waals surface area contributed by atoms with Crippen LogP contribution in [0.3, 0.4) is 0 Å². The third-order valence-corrected chi connectivity index (χ3v) is 5.45. The van der Waals surface area contributed by atoms with Gasteiger partial charge in [0.25, 0.3) is 0 Å². The van der Waals surface area contributed by atoms with Gasteiger partial charge in [-0.25, -0.2) is 0 Å². The Bertz CT molecular complexity index is 936. The Balaban J connectivity index is 1.47. The smallest absolute Gasteiger partial charge is 0.224 e. The fourth-order valence-electron chi connectivity index (χ4n) is 3.72. The Hall–Kier alpha value is -2.59. The quantitative estimate of drug-likeness (QED) is 0.717. The fraction of sp³-hybridized carbons (Fsp3) is 0.273. The van der Waals surface area contributed by atoms with Crippen LogP contribution in [0, 0.1) is 0 Å². The fourth-order valence-corrected chi connectivity index (χ4v) is 3.92. The molecule has 1 aliphatic rings. The van der Waals surface area contributed by atoms with Crippen LogP contribution in [0.5, 0.6) is 0 Å². The molecular formula is C22H22ClN3O. The second-order valence-electron chi connectivity index (χ2n) is 6.97. The van der Waals surface area contributed by atoms with Crippen LogP contribution in [0.1, 0.15) is 41.3 Å². The highest BCUT2D eigenvalue weighted by atomic mass is 35.5. The predicted molar refractivity (Wildman–Crippen MR) is 107 cm³/mol. The zero-order valence-electron chi connectivity index (χ0n) is 15.1. The number of carbonyl (C=O) groups is 1. The Morgan fingerprint density at radius 3 is 2.74 bits per heavy atom. The number of nitrogens with zero attached hydrogens (tertiary/aromatic N) is 2. The molecule has 1 unspecified atom stereocenters. The largest absolute Gasteiger partial charge is 0.349 e. The second kappa shape index (κ2) is 7.97. The lowest BCUT2D eigenvalue weighted by molar-refractivity contribution is -0.121. The molecule has 0 saturated heterocycles. The molecule has 138 valence electrons. The van der Waals surface area contributed by atoms with E-state index in [1.165, 1.54) is 11.3 Å². The number of aromatic nitrogens is 2. The van der Waals surface area contributed by atoms with Gasteiger partial charge in [-0.15, -0.1) is 0 Å². The Kier molecular flexibility index (Phi) is 5.26. The normalized spacial score (nSPS) is 16.0. The maximum absolute atomic E-state index is 12.5. The molecule has 4 nitrogen and oxygen atoms in total. The van der Waals surface area contributed by atoms with Gasteiger partial charge in [0.1, 0.15) is 0 Å². The molecule has 1 aliphatic carbocycles. The van der Waals surface area contributed by atoms with Crippen LogP contribution in [0.2, 0.25) is 5.02 Å². The van der Waals surface area contributed by atoms with Crippen LogP contribution in [0.15, 0.2) is 60.8 Å². The molecule has 0 fully saturated rings. The number of fused-ring (bicyclic) bond motifs is 1. The molecule has 1 atom stereocenters. The zero-order valence-corrected chi connectivity index (χ0v) is 15.8. The maximum atomic E-state index is 12.5. The van der Waals surface area contributed by atoms with E-state index in [1.54, 1.807) is 0 Å². The minimum absolute atomic E-state index is 0.00300. The molecule has 1 N–H and O–H groups in total. The summed E-state index contributed by atoms with van der Waals surface area (Å²) in [5.41, 5.74) is 4.46. The first-order valence-corrected chi connectivity index (χ1v) is 9.70. The third-order valence-electron chi connectivity index (χ3n) is 5.08. The molecule has 2 aromatic carbocycles. The predicted octanol–water partition coefficient (Wildman–Crippen LogP) is 4.32. The summed E-state index contributed by atoms with van der Waals surface area (Å²) in [4.78, 5) is 12.5. The van der Waals surface area contributed by atoms with Gasteiger partial charge in [0.15, 0.2) is 0 Å². The number of nitrogens with one attached hydrogen (secondary N) is 1. The molecule has 0 radical (unpaired) electrons. The average molecular weight is 380 g/mol. The molecule has 0 bridgehead atoms. The SMILES string of the molecule is O=C(Cc1ccccc1Cl)NC1CCCc2c1cnn2Cc1ccccc1. The van der Waals surface area contributed by atoms with Gasteiger partial charge in [-0.05, 0) is 36.5 Å². The standard InChI is InChI=1S/C22H22ClN3O/c23-19-10-5-4-9-17(19)13-22(27)25-20-11-6-12-21-18(20)14-24-26(21)15-16-7-2-1-3-8-16/h1-5,7-10,14,20H,6,11-13,15H2,(H,25,27). The summed E-state index contributed by atoms with van der Waals surface area (Å²) >= 11 is 6.18. The van der Waals surface area contributed by atoms with Crippen molar-refractivity contribution in [3.63, 3.8) is 0 Å². The number of benzene rings is 2. The maximum Gasteiger partial charge on any atom is 0.224 e. The second-order valence-corrected chi connectivity index (χ2v) is 7.38. The molecule has 27 heavy (non-hydrogen) atoms. The third kappa shape index (κ3) is 4.06. The number of halogens is 1. The monoisotopic (exact) mass is 379 g/mol. The first-order valence-electron chi connectivity index (χ1n) is 9.32. The van der Waals surface area contributed by atoms with Crippen molar-refractivity contribution in [3.05, 3.63) is 88.2 Å². The van der Waals surface area contributed by atoms with Crippen LogP contribution < -0.4 is 5.32 Å². The van der Waals surface area contributed by atoms with Gasteiger partial charge in [0, 0.05) is 16.3 Å². The Morgan fingerprint density at radius 2 is 1.93 bits per heavy atom. The van der Waals surface area contributed by atoms with E-state index in [9.17, 15) is 4.79 Å². The lowest BCUT2D eigenvalue weighted by atomic mass is 9.92. The van der Waals surface area contributed by atoms with E-state index in [0.717, 1.165) is 36.9 Å². The van der Waals surface area contributed by atoms with Crippen LogP contribution in [-0.2, 0) is 24.2 Å². The molecule has 1 aromatic heterocycles. The van der Waals surface area contributed by atoms with Crippen molar-refractivity contribution in [2.45, 2.75) is 38.3 Å². The van der Waals surface area contributed by atoms with Crippen LogP contribution in [-0.4, -0.2) is 15.7 Å². The van der Waals surface area contributed by atoms with Gasteiger partial charge in [0.05, 0.1) is 25.2 Å². The van der Waals surface area contributed by atoms with Gasteiger partial charge >= 0.3 is 0 Å². The van der Waals surface area contributed by atoms with Crippen LogP contribution >= 0.6 is 11.6 Å². The number of carbonyl (C=O) groups excluding carboxylic acids is 1. The van der Waals surface area contributed by atoms with E-state index in [1.807, 2.05) is 48.7 Å². The van der Waals surface area contributed by atoms with Crippen molar-refractivity contribution in [2.75, 3.05) is 0 Å². The van der Waals surface area contributed by atoms with E-state index in [2.05, 4.69) is 27.2 Å². The molecule has 4 rings (SSSR count). The van der Waals surface area contributed by atoms with Crippen molar-refractivity contribution >= 4 is 17.5 Å². The van der Waals surface area contributed by atoms with Gasteiger partial charge < -0.3 is 5.32 Å². The molecule has 0 spiro atoms. The van der Waals surface area contributed by atoms with Crippen molar-refractivity contribution in [1.82, 2.24) is 15.1 Å². The topological polar surface area (TPSA) is 46.9 Å². The lowest BCUT2D eigenvalue weighted by Crippen LogP contribution is -2.32. The first kappa shape index (κ1) is 17.8. The molecule has 3 aromatic rings. The number of hydrogen-bond donors (Lipinski definition) is 1. The molecule has 1 amide bonds. The van der Waals surface area contributed by atoms with E-state index in [-0.39, 0.29) is 11.9 Å². The van der Waals surface area contributed by atoms with Crippen LogP contribution in [0.4, 0.5) is 0 Å². The summed E-state index contributed by atoms with van der Waals surface area (Å²) in [7, 11) is 0. The molecule has 0 saturated carbocycles. The number of hydrogen-bond acceptors (Lipinski definition) is 2. The highest BCUT2D eigenvalue weighted by molar-refractivity contribution is 6.31. The summed E-state index contributed by atoms with van der Waals surface area (Å²) < 4.78 is 2.07. The van der Waals surface area contributed by atoms with Gasteiger partial charge in [-0.2, -0.15) is 5.10 Å². The van der Waals surface area contributed by atoms with E-state index < -0.39 is 0 Å². The average Bonchev–Trinajstić information content (AvgIpc) is 3.08. The van der Waals surface area contributed by atoms with Crippen LogP contribution in [0.25, 0.3) is 0 Å². The molecule has 1 heterocycles. The summed E-state index contributed by atoms with van der Waals surface area (Å²) in [6, 6.07) is 17.8. The van der Waals surface area contributed by atoms with Gasteiger partial charge in [0.2, 0.25) is 5.91 Å². The van der Waals surface area contributed by atoms with E-state index >= 15 is 0 Å². The number of amides is 1. The summed E-state index contributed by atoms with van der Waals surface area (Å²) in [6.07, 6.45) is 5.20. The lowest BCUT2D eigenvalue weighted by Gasteiger charge is -2.24. The minimum Gasteiger partial charge on any atom is -0.349 e. The van der Waals surface area contributed by atoms with Gasteiger partial charge in [-0.1, -0.05) is 60.1 Å². The summed E-state index contributed by atoms with van der Waals surface area (Å²) in [5.74, 6) is -0.00300. The molecule has 0 aliphatic heterocycles. The van der Waals surface area contributed by atoms with Crippen molar-refractivity contribution in [1.29, 1.82) is 0 Å². The first-order chi connectivity index (χ1) is 13.2. The van der Waals surface area contributed by atoms with E-state index in [4.69, 9.17) is 11.6 Å². The zero-order chi connectivity index (χ0) is 18.6. The van der Waals surface area contributed by atoms with Gasteiger partial charge in [-0.3, -0.25) is 9.48 Å². The van der Waals surface area contributed by atoms with Crippen molar-refractivity contribution in [3.8, 4) is 0 Å². The molecular weight excluding hydrogens is 358 g/mol. The van der Waals surface area contributed by atoms with Crippen molar-refractivity contribution < 1.29 is 4.79 Å². The highest BCUT2D eigenvalue weighted by Crippen LogP contribution is 2.30. The highest BCUT2D eigenvalue weighted by Gasteiger charge is 2.25. The Labute approximate surface area is 164 Å². The number of rotatable bonds is 5. The van der Waals surface area contributed by atoms with E-state index in [0.29, 0.717) is 11.4 Å². The van der Waals surface area contributed by atoms with Crippen molar-refractivity contribution in [2.24, 2.45) is 0 Å². The summed E-state index contributed by atoms with van der Waals surface area (Å²) in [6.45, 7) is 0.760. The Morgan fingerprint density at radius 1 is 1.15 bits per heavy atom. The molecule has 5 heteroatoms. The summed E-state index contributed by atoms with van der Waals surface area (Å²) in [5, 5.41) is 8.40. The minimum atomic E-state index is -0.00300.